The lowest BCUT2D eigenvalue weighted by atomic mass is 10.0. The molecule has 0 aliphatic rings. The molecule has 2 rings (SSSR count). The summed E-state index contributed by atoms with van der Waals surface area (Å²) >= 11 is 0. The van der Waals surface area contributed by atoms with Gasteiger partial charge in [0.25, 0.3) is 5.96 Å². The summed E-state index contributed by atoms with van der Waals surface area (Å²) in [5, 5.41) is 7.05. The van der Waals surface area contributed by atoms with Gasteiger partial charge in [-0.3, -0.25) is 4.28 Å². The predicted molar refractivity (Wildman–Crippen MR) is 101 cm³/mol. The SMILES string of the molecule is Cc1ccc(S(=O)(=O)ON=C(N)NN=C=CC(C)c2ccccc2)cc1. The molecular weight excluding hydrogens is 352 g/mol. The van der Waals surface area contributed by atoms with Crippen LogP contribution in [0.25, 0.3) is 0 Å². The van der Waals surface area contributed by atoms with Crippen LogP contribution in [0, 0.1) is 6.92 Å². The zero-order valence-corrected chi connectivity index (χ0v) is 15.3. The molecule has 0 saturated heterocycles. The van der Waals surface area contributed by atoms with Crippen molar-refractivity contribution in [3.8, 4) is 0 Å². The van der Waals surface area contributed by atoms with Gasteiger partial charge < -0.3 is 5.73 Å². The van der Waals surface area contributed by atoms with Crippen molar-refractivity contribution in [1.82, 2.24) is 5.43 Å². The van der Waals surface area contributed by atoms with E-state index in [0.717, 1.165) is 11.1 Å². The normalized spacial score (nSPS) is 12.6. The molecule has 26 heavy (non-hydrogen) atoms. The molecule has 0 bridgehead atoms. The van der Waals surface area contributed by atoms with Crippen LogP contribution in [0.5, 0.6) is 0 Å². The lowest BCUT2D eigenvalue weighted by Gasteiger charge is -2.03. The fourth-order valence-corrected chi connectivity index (χ4v) is 2.68. The summed E-state index contributed by atoms with van der Waals surface area (Å²) in [5.74, 6) is 2.47. The van der Waals surface area contributed by atoms with Gasteiger partial charge in [-0.15, -0.1) is 5.10 Å². The van der Waals surface area contributed by atoms with Crippen LogP contribution in [0.4, 0.5) is 0 Å². The molecule has 0 radical (unpaired) electrons. The van der Waals surface area contributed by atoms with E-state index >= 15 is 0 Å². The molecule has 1 unspecified atom stereocenters. The van der Waals surface area contributed by atoms with Crippen LogP contribution in [-0.4, -0.2) is 20.2 Å². The van der Waals surface area contributed by atoms with Crippen molar-refractivity contribution < 1.29 is 12.7 Å². The molecule has 1 atom stereocenters. The average molecular weight is 372 g/mol. The molecule has 2 aromatic rings. The van der Waals surface area contributed by atoms with E-state index in [0.29, 0.717) is 0 Å². The molecule has 7 nitrogen and oxygen atoms in total. The molecule has 0 spiro atoms. The van der Waals surface area contributed by atoms with Gasteiger partial charge in [-0.05, 0) is 35.9 Å². The molecule has 0 aromatic heterocycles. The number of nitrogens with zero attached hydrogens (tertiary/aromatic N) is 2. The molecule has 0 aliphatic carbocycles. The highest BCUT2D eigenvalue weighted by Crippen LogP contribution is 2.14. The van der Waals surface area contributed by atoms with Crippen LogP contribution in [-0.2, 0) is 14.4 Å². The maximum absolute atomic E-state index is 12.0. The maximum Gasteiger partial charge on any atom is 0.358 e. The first-order valence-electron chi connectivity index (χ1n) is 7.82. The van der Waals surface area contributed by atoms with Crippen LogP contribution in [0.1, 0.15) is 24.0 Å². The Kier molecular flexibility index (Phi) is 6.54. The summed E-state index contributed by atoms with van der Waals surface area (Å²) in [6.45, 7) is 3.84. The lowest BCUT2D eigenvalue weighted by Crippen LogP contribution is -2.27. The molecule has 0 heterocycles. The fourth-order valence-electron chi connectivity index (χ4n) is 1.95. The standard InChI is InChI=1S/C18H20N4O3S/c1-14-8-10-17(11-9-14)26(23,24)25-22-18(19)21-20-13-12-15(2)16-6-4-3-5-7-16/h3-12,15H,1-2H3,(H3,19,21,22). The van der Waals surface area contributed by atoms with E-state index in [4.69, 9.17) is 5.73 Å². The minimum absolute atomic E-state index is 0.0141. The quantitative estimate of drug-likeness (QED) is 0.460. The molecule has 2 aromatic carbocycles. The second-order valence-electron chi connectivity index (χ2n) is 5.54. The molecule has 3 N–H and O–H groups in total. The number of benzene rings is 2. The number of nitrogens with two attached hydrogens (primary N) is 1. The van der Waals surface area contributed by atoms with Gasteiger partial charge >= 0.3 is 10.1 Å². The van der Waals surface area contributed by atoms with Gasteiger partial charge in [0.15, 0.2) is 0 Å². The van der Waals surface area contributed by atoms with Gasteiger partial charge in [-0.2, -0.15) is 8.42 Å². The number of aryl methyl sites for hydroxylation is 1. The Morgan fingerprint density at radius 1 is 1.19 bits per heavy atom. The molecule has 0 amide bonds. The van der Waals surface area contributed by atoms with Crippen LogP contribution in [0.15, 0.2) is 75.8 Å². The first-order chi connectivity index (χ1) is 12.4. The largest absolute Gasteiger partial charge is 0.366 e. The zero-order chi connectivity index (χ0) is 19.0. The number of allylic oxidation sites excluding steroid dienone is 1. The van der Waals surface area contributed by atoms with Crippen molar-refractivity contribution in [1.29, 1.82) is 0 Å². The smallest absolute Gasteiger partial charge is 0.358 e. The van der Waals surface area contributed by atoms with Crippen molar-refractivity contribution >= 4 is 21.9 Å². The monoisotopic (exact) mass is 372 g/mol. The highest BCUT2D eigenvalue weighted by atomic mass is 32.2. The van der Waals surface area contributed by atoms with E-state index in [9.17, 15) is 8.42 Å². The van der Waals surface area contributed by atoms with Crippen LogP contribution < -0.4 is 11.2 Å². The topological polar surface area (TPSA) is 106 Å². The highest BCUT2D eigenvalue weighted by molar-refractivity contribution is 7.86. The van der Waals surface area contributed by atoms with Gasteiger partial charge in [-0.25, -0.2) is 5.43 Å². The number of guanidine groups is 1. The molecule has 0 saturated carbocycles. The Labute approximate surface area is 153 Å². The summed E-state index contributed by atoms with van der Waals surface area (Å²) in [4.78, 5) is -0.0141. The second kappa shape index (κ2) is 8.84. The highest BCUT2D eigenvalue weighted by Gasteiger charge is 2.15. The molecule has 136 valence electrons. The Hall–Kier alpha value is -3.09. The van der Waals surface area contributed by atoms with Crippen LogP contribution >= 0.6 is 0 Å². The van der Waals surface area contributed by atoms with Crippen molar-refractivity contribution in [3.63, 3.8) is 0 Å². The average Bonchev–Trinajstić information content (AvgIpc) is 2.64. The number of hydrazone groups is 1. The van der Waals surface area contributed by atoms with Crippen molar-refractivity contribution in [2.45, 2.75) is 24.7 Å². The third-order valence-corrected chi connectivity index (χ3v) is 4.55. The third kappa shape index (κ3) is 5.77. The van der Waals surface area contributed by atoms with Crippen LogP contribution in [0.2, 0.25) is 0 Å². The van der Waals surface area contributed by atoms with E-state index in [1.165, 1.54) is 12.1 Å². The van der Waals surface area contributed by atoms with E-state index in [-0.39, 0.29) is 16.8 Å². The summed E-state index contributed by atoms with van der Waals surface area (Å²) in [6, 6.07) is 16.0. The molecule has 0 fully saturated rings. The minimum atomic E-state index is -4.03. The zero-order valence-electron chi connectivity index (χ0n) is 14.5. The summed E-state index contributed by atoms with van der Waals surface area (Å²) in [6.07, 6.45) is 1.74. The Morgan fingerprint density at radius 3 is 2.50 bits per heavy atom. The van der Waals surface area contributed by atoms with E-state index < -0.39 is 10.1 Å². The van der Waals surface area contributed by atoms with Gasteiger partial charge in [-0.1, -0.05) is 55.0 Å². The summed E-state index contributed by atoms with van der Waals surface area (Å²) in [5.41, 5.74) is 9.90. The summed E-state index contributed by atoms with van der Waals surface area (Å²) in [7, 11) is -4.03. The first kappa shape index (κ1) is 19.2. The number of hydrogen-bond acceptors (Lipinski definition) is 5. The minimum Gasteiger partial charge on any atom is -0.366 e. The second-order valence-corrected chi connectivity index (χ2v) is 7.07. The predicted octanol–water partition coefficient (Wildman–Crippen LogP) is 2.46. The number of hydrogen-bond donors (Lipinski definition) is 2. The summed E-state index contributed by atoms with van der Waals surface area (Å²) < 4.78 is 28.5. The third-order valence-electron chi connectivity index (χ3n) is 3.43. The van der Waals surface area contributed by atoms with E-state index in [1.54, 1.807) is 18.2 Å². The maximum atomic E-state index is 12.0. The van der Waals surface area contributed by atoms with Crippen molar-refractivity contribution in [3.05, 3.63) is 71.8 Å². The van der Waals surface area contributed by atoms with Crippen molar-refractivity contribution in [2.24, 2.45) is 16.0 Å². The van der Waals surface area contributed by atoms with E-state index in [1.807, 2.05) is 44.2 Å². The van der Waals surface area contributed by atoms with Gasteiger partial charge in [0.1, 0.15) is 4.90 Å². The molecular formula is C18H20N4O3S. The lowest BCUT2D eigenvalue weighted by molar-refractivity contribution is 0.336. The van der Waals surface area contributed by atoms with E-state index in [2.05, 4.69) is 25.8 Å². The van der Waals surface area contributed by atoms with Gasteiger partial charge in [0.2, 0.25) is 0 Å². The first-order valence-corrected chi connectivity index (χ1v) is 9.22. The fraction of sp³-hybridized carbons (Fsp3) is 0.167. The Morgan fingerprint density at radius 2 is 1.85 bits per heavy atom. The molecule has 8 heteroatoms. The Bertz CT molecular complexity index is 917. The molecule has 0 aliphatic heterocycles. The Balaban J connectivity index is 1.93. The number of rotatable bonds is 6. The van der Waals surface area contributed by atoms with Crippen molar-refractivity contribution in [2.75, 3.05) is 0 Å². The van der Waals surface area contributed by atoms with Crippen LogP contribution in [0.3, 0.4) is 0 Å². The van der Waals surface area contributed by atoms with Gasteiger partial charge in [0, 0.05) is 11.8 Å². The number of nitrogens with one attached hydrogen (secondary N) is 1. The number of oxime groups is 1. The van der Waals surface area contributed by atoms with Gasteiger partial charge in [0.05, 0.1) is 0 Å².